The number of aliphatic imine (C=N–C) groups is 1. The predicted molar refractivity (Wildman–Crippen MR) is 157 cm³/mol. The first-order valence-electron chi connectivity index (χ1n) is 14.1. The molecule has 0 aliphatic heterocycles. The van der Waals surface area contributed by atoms with E-state index in [-0.39, 0.29) is 0 Å². The molecular formula is C30H46N6. The van der Waals surface area contributed by atoms with Gasteiger partial charge < -0.3 is 22.1 Å². The molecule has 0 fully saturated rings. The Labute approximate surface area is 217 Å². The predicted octanol–water partition coefficient (Wildman–Crippen LogP) is 6.34. The Morgan fingerprint density at radius 1 is 0.639 bits per heavy atom. The van der Waals surface area contributed by atoms with Gasteiger partial charge in [0, 0.05) is 23.9 Å². The van der Waals surface area contributed by atoms with Gasteiger partial charge in [-0.3, -0.25) is 4.99 Å². The number of pyridine rings is 1. The van der Waals surface area contributed by atoms with E-state index in [4.69, 9.17) is 21.4 Å². The van der Waals surface area contributed by atoms with Gasteiger partial charge in [-0.2, -0.15) is 0 Å². The van der Waals surface area contributed by atoms with Crippen LogP contribution in [0.2, 0.25) is 0 Å². The number of anilines is 1. The molecule has 196 valence electrons. The van der Waals surface area contributed by atoms with Crippen LogP contribution in [0.3, 0.4) is 0 Å². The molecule has 0 spiro atoms. The molecule has 6 heteroatoms. The van der Waals surface area contributed by atoms with Crippen LogP contribution >= 0.6 is 0 Å². The number of nitrogens with two attached hydrogens (primary N) is 2. The van der Waals surface area contributed by atoms with Gasteiger partial charge >= 0.3 is 0 Å². The zero-order valence-corrected chi connectivity index (χ0v) is 22.0. The summed E-state index contributed by atoms with van der Waals surface area (Å²) in [6, 6.07) is 16.7. The number of guanidine groups is 1. The Kier molecular flexibility index (Phi) is 13.1. The first-order valence-corrected chi connectivity index (χ1v) is 14.1. The van der Waals surface area contributed by atoms with Crippen molar-refractivity contribution in [1.29, 1.82) is 0 Å². The number of para-hydroxylation sites is 2. The van der Waals surface area contributed by atoms with Crippen LogP contribution in [0.4, 0.5) is 5.69 Å². The lowest BCUT2D eigenvalue weighted by atomic mass is 10.1. The molecule has 1 aromatic heterocycles. The van der Waals surface area contributed by atoms with Gasteiger partial charge in [0.15, 0.2) is 5.96 Å². The number of hydrogen-bond acceptors (Lipinski definition) is 4. The molecule has 0 aliphatic carbocycles. The monoisotopic (exact) mass is 490 g/mol. The van der Waals surface area contributed by atoms with Crippen molar-refractivity contribution in [1.82, 2.24) is 10.3 Å². The van der Waals surface area contributed by atoms with Crippen LogP contribution in [0.1, 0.15) is 77.0 Å². The van der Waals surface area contributed by atoms with E-state index in [0.29, 0.717) is 0 Å². The highest BCUT2D eigenvalue weighted by Gasteiger charge is 2.10. The maximum Gasteiger partial charge on any atom is 0.195 e. The van der Waals surface area contributed by atoms with E-state index in [0.717, 1.165) is 85.3 Å². The minimum absolute atomic E-state index is 0.803. The SMILES string of the molecule is NCCCCCCCCN=C(NCCCCCCCCN)Nc1c2ccccc2nc2ccccc12. The third kappa shape index (κ3) is 9.40. The molecule has 0 aliphatic rings. The van der Waals surface area contributed by atoms with E-state index >= 15 is 0 Å². The first kappa shape index (κ1) is 27.9. The second-order valence-corrected chi connectivity index (χ2v) is 9.62. The Balaban J connectivity index is 1.65. The Bertz CT molecular complexity index is 994. The summed E-state index contributed by atoms with van der Waals surface area (Å²) in [6.07, 6.45) is 14.5. The minimum Gasteiger partial charge on any atom is -0.356 e. The summed E-state index contributed by atoms with van der Waals surface area (Å²) in [4.78, 5) is 9.83. The number of benzene rings is 2. The molecule has 0 amide bonds. The van der Waals surface area contributed by atoms with Gasteiger partial charge in [0.2, 0.25) is 0 Å². The fraction of sp³-hybridized carbons (Fsp3) is 0.533. The van der Waals surface area contributed by atoms with E-state index in [2.05, 4.69) is 47.0 Å². The number of aromatic nitrogens is 1. The number of unbranched alkanes of at least 4 members (excludes halogenated alkanes) is 10. The van der Waals surface area contributed by atoms with E-state index < -0.39 is 0 Å². The molecule has 6 N–H and O–H groups in total. The number of fused-ring (bicyclic) bond motifs is 2. The first-order chi connectivity index (χ1) is 17.8. The third-order valence-electron chi connectivity index (χ3n) is 6.64. The van der Waals surface area contributed by atoms with Crippen molar-refractivity contribution in [3.63, 3.8) is 0 Å². The van der Waals surface area contributed by atoms with Crippen molar-refractivity contribution >= 4 is 33.5 Å². The molecule has 36 heavy (non-hydrogen) atoms. The van der Waals surface area contributed by atoms with Crippen LogP contribution in [-0.4, -0.2) is 37.1 Å². The van der Waals surface area contributed by atoms with Crippen LogP contribution in [-0.2, 0) is 0 Å². The molecule has 1 heterocycles. The number of nitrogens with zero attached hydrogens (tertiary/aromatic N) is 2. The summed E-state index contributed by atoms with van der Waals surface area (Å²) in [6.45, 7) is 3.35. The van der Waals surface area contributed by atoms with Gasteiger partial charge in [0.05, 0.1) is 16.7 Å². The standard InChI is InChI=1S/C30H46N6/c31-21-13-5-1-3-7-15-23-33-30(34-24-16-8-4-2-6-14-22-32)36-29-25-17-9-11-19-27(25)35-28-20-12-10-18-26(28)29/h9-12,17-20H,1-8,13-16,21-24,31-32H2,(H2,33,34,35,36). The summed E-state index contributed by atoms with van der Waals surface area (Å²) in [5.41, 5.74) is 14.3. The van der Waals surface area contributed by atoms with Crippen molar-refractivity contribution in [2.75, 3.05) is 31.5 Å². The van der Waals surface area contributed by atoms with E-state index in [1.807, 2.05) is 12.1 Å². The number of rotatable bonds is 17. The molecule has 0 saturated carbocycles. The van der Waals surface area contributed by atoms with Crippen LogP contribution in [0.25, 0.3) is 21.8 Å². The van der Waals surface area contributed by atoms with Crippen molar-refractivity contribution in [3.05, 3.63) is 48.5 Å². The van der Waals surface area contributed by atoms with Gasteiger partial charge in [0.25, 0.3) is 0 Å². The summed E-state index contributed by atoms with van der Waals surface area (Å²) in [7, 11) is 0. The van der Waals surface area contributed by atoms with Crippen molar-refractivity contribution in [2.45, 2.75) is 77.0 Å². The average Bonchev–Trinajstić information content (AvgIpc) is 2.91. The maximum absolute atomic E-state index is 5.60. The molecule has 0 atom stereocenters. The number of hydrogen-bond donors (Lipinski definition) is 4. The quantitative estimate of drug-likeness (QED) is 0.0765. The van der Waals surface area contributed by atoms with Gasteiger partial charge in [0.1, 0.15) is 0 Å². The molecule has 6 nitrogen and oxygen atoms in total. The third-order valence-corrected chi connectivity index (χ3v) is 6.64. The fourth-order valence-electron chi connectivity index (χ4n) is 4.57. The molecule has 0 saturated heterocycles. The molecule has 0 unspecified atom stereocenters. The zero-order valence-electron chi connectivity index (χ0n) is 22.0. The van der Waals surface area contributed by atoms with E-state index in [9.17, 15) is 0 Å². The van der Waals surface area contributed by atoms with Crippen LogP contribution in [0.5, 0.6) is 0 Å². The largest absolute Gasteiger partial charge is 0.356 e. The lowest BCUT2D eigenvalue weighted by Crippen LogP contribution is -2.32. The molecule has 0 radical (unpaired) electrons. The van der Waals surface area contributed by atoms with Crippen LogP contribution < -0.4 is 22.1 Å². The Morgan fingerprint density at radius 2 is 1.14 bits per heavy atom. The smallest absolute Gasteiger partial charge is 0.195 e. The lowest BCUT2D eigenvalue weighted by molar-refractivity contribution is 0.591. The highest BCUT2D eigenvalue weighted by molar-refractivity contribution is 6.13. The maximum atomic E-state index is 5.60. The van der Waals surface area contributed by atoms with E-state index in [1.165, 1.54) is 51.4 Å². The minimum atomic E-state index is 0.803. The summed E-state index contributed by atoms with van der Waals surface area (Å²) in [5, 5.41) is 9.51. The normalized spacial score (nSPS) is 11.9. The summed E-state index contributed by atoms with van der Waals surface area (Å²) in [5.74, 6) is 0.864. The second-order valence-electron chi connectivity index (χ2n) is 9.62. The fourth-order valence-corrected chi connectivity index (χ4v) is 4.57. The van der Waals surface area contributed by atoms with Crippen molar-refractivity contribution in [2.24, 2.45) is 16.5 Å². The highest BCUT2D eigenvalue weighted by atomic mass is 15.2. The lowest BCUT2D eigenvalue weighted by Gasteiger charge is -2.16. The van der Waals surface area contributed by atoms with Crippen LogP contribution in [0.15, 0.2) is 53.5 Å². The summed E-state index contributed by atoms with van der Waals surface area (Å²) >= 11 is 0. The van der Waals surface area contributed by atoms with Gasteiger partial charge in [-0.15, -0.1) is 0 Å². The topological polar surface area (TPSA) is 101 Å². The zero-order chi connectivity index (χ0) is 25.3. The summed E-state index contributed by atoms with van der Waals surface area (Å²) < 4.78 is 0. The van der Waals surface area contributed by atoms with Crippen LogP contribution in [0, 0.1) is 0 Å². The number of nitrogens with one attached hydrogen (secondary N) is 2. The second kappa shape index (κ2) is 16.9. The molecular weight excluding hydrogens is 444 g/mol. The van der Waals surface area contributed by atoms with Crippen molar-refractivity contribution in [3.8, 4) is 0 Å². The molecule has 0 bridgehead atoms. The highest BCUT2D eigenvalue weighted by Crippen LogP contribution is 2.30. The molecule has 2 aromatic carbocycles. The van der Waals surface area contributed by atoms with Gasteiger partial charge in [-0.25, -0.2) is 4.98 Å². The van der Waals surface area contributed by atoms with E-state index in [1.54, 1.807) is 0 Å². The Hall–Kier alpha value is -2.70. The van der Waals surface area contributed by atoms with Gasteiger partial charge in [-0.1, -0.05) is 87.8 Å². The molecule has 3 rings (SSSR count). The van der Waals surface area contributed by atoms with Gasteiger partial charge in [-0.05, 0) is 50.9 Å². The Morgan fingerprint density at radius 3 is 1.72 bits per heavy atom. The average molecular weight is 491 g/mol. The van der Waals surface area contributed by atoms with Crippen molar-refractivity contribution < 1.29 is 0 Å². The molecule has 3 aromatic rings.